The minimum atomic E-state index is -4.58. The minimum absolute atomic E-state index is 0.0380. The molecule has 5 N–H and O–H groups in total. The smallest absolute Gasteiger partial charge is 0.390 e. The number of carbonyl (C=O) groups is 1. The van der Waals surface area contributed by atoms with E-state index in [0.717, 1.165) is 17.3 Å². The van der Waals surface area contributed by atoms with Gasteiger partial charge in [-0.2, -0.15) is 18.2 Å². The lowest BCUT2D eigenvalue weighted by Crippen LogP contribution is -2.39. The Morgan fingerprint density at radius 1 is 1.27 bits per heavy atom. The maximum absolute atomic E-state index is 13.3. The first-order valence-electron chi connectivity index (χ1n) is 10.7. The standard InChI is InChI=1S/C22H29F3N6O2/c1-21(2,33)11-18(32)31-9-6-14-10-16(5-4-15(14)13-31)29-20-28-12-17(22(23,24)25)19(30-20)27-8-3-7-26/h4-5,10,12,33H,3,6-9,11,13,26H2,1-2H3,(H2,27,28,29,30). The summed E-state index contributed by atoms with van der Waals surface area (Å²) in [6.07, 6.45) is -2.64. The number of amides is 1. The maximum Gasteiger partial charge on any atom is 0.421 e. The van der Waals surface area contributed by atoms with Gasteiger partial charge < -0.3 is 26.4 Å². The quantitative estimate of drug-likeness (QED) is 0.442. The predicted molar refractivity (Wildman–Crippen MR) is 119 cm³/mol. The summed E-state index contributed by atoms with van der Waals surface area (Å²) in [5, 5.41) is 15.5. The molecule has 1 aliphatic rings. The number of hydrogen-bond donors (Lipinski definition) is 4. The van der Waals surface area contributed by atoms with Crippen LogP contribution in [0.3, 0.4) is 0 Å². The number of halogens is 3. The Morgan fingerprint density at radius 2 is 2.03 bits per heavy atom. The first-order valence-corrected chi connectivity index (χ1v) is 10.7. The van der Waals surface area contributed by atoms with Gasteiger partial charge in [0.05, 0.1) is 12.0 Å². The van der Waals surface area contributed by atoms with E-state index in [4.69, 9.17) is 5.73 Å². The Hall–Kier alpha value is -2.92. The molecule has 2 aromatic rings. The van der Waals surface area contributed by atoms with Gasteiger partial charge in [0.2, 0.25) is 11.9 Å². The fraction of sp³-hybridized carbons (Fsp3) is 0.500. The molecule has 0 fully saturated rings. The Labute approximate surface area is 190 Å². The van der Waals surface area contributed by atoms with Crippen molar-refractivity contribution >= 4 is 23.4 Å². The topological polar surface area (TPSA) is 116 Å². The van der Waals surface area contributed by atoms with Gasteiger partial charge in [0.15, 0.2) is 0 Å². The molecule has 0 saturated heterocycles. The Morgan fingerprint density at radius 3 is 2.70 bits per heavy atom. The molecule has 33 heavy (non-hydrogen) atoms. The lowest BCUT2D eigenvalue weighted by atomic mass is 9.97. The summed E-state index contributed by atoms with van der Waals surface area (Å²) in [7, 11) is 0. The number of hydrogen-bond acceptors (Lipinski definition) is 7. The first-order chi connectivity index (χ1) is 15.5. The molecule has 0 aliphatic carbocycles. The second-order valence-corrected chi connectivity index (χ2v) is 8.69. The summed E-state index contributed by atoms with van der Waals surface area (Å²) in [4.78, 5) is 22.0. The third kappa shape index (κ3) is 6.78. The number of aromatic nitrogens is 2. The van der Waals surface area contributed by atoms with Crippen molar-refractivity contribution in [2.75, 3.05) is 30.3 Å². The van der Waals surface area contributed by atoms with Crippen LogP contribution in [0.15, 0.2) is 24.4 Å². The number of aliphatic hydroxyl groups is 1. The molecule has 1 aromatic heterocycles. The molecule has 0 spiro atoms. The van der Waals surface area contributed by atoms with E-state index in [0.29, 0.717) is 38.2 Å². The molecule has 11 heteroatoms. The third-order valence-corrected chi connectivity index (χ3v) is 5.18. The number of nitrogens with zero attached hydrogens (tertiary/aromatic N) is 3. The summed E-state index contributed by atoms with van der Waals surface area (Å²) in [6.45, 7) is 4.78. The molecule has 1 aromatic carbocycles. The van der Waals surface area contributed by atoms with Crippen molar-refractivity contribution in [2.24, 2.45) is 5.73 Å². The Kier molecular flexibility index (Phi) is 7.43. The molecule has 1 amide bonds. The van der Waals surface area contributed by atoms with E-state index < -0.39 is 17.3 Å². The van der Waals surface area contributed by atoms with Crippen LogP contribution in [0.2, 0.25) is 0 Å². The van der Waals surface area contributed by atoms with Crippen molar-refractivity contribution in [3.8, 4) is 0 Å². The van der Waals surface area contributed by atoms with Crippen molar-refractivity contribution in [1.82, 2.24) is 14.9 Å². The minimum Gasteiger partial charge on any atom is -0.390 e. The second kappa shape index (κ2) is 9.92. The molecule has 8 nitrogen and oxygen atoms in total. The zero-order chi connectivity index (χ0) is 24.2. The summed E-state index contributed by atoms with van der Waals surface area (Å²) >= 11 is 0. The summed E-state index contributed by atoms with van der Waals surface area (Å²) < 4.78 is 39.8. The second-order valence-electron chi connectivity index (χ2n) is 8.69. The number of rotatable bonds is 8. The van der Waals surface area contributed by atoms with Crippen molar-refractivity contribution in [3.05, 3.63) is 41.1 Å². The fourth-order valence-electron chi connectivity index (χ4n) is 3.55. The van der Waals surface area contributed by atoms with Gasteiger partial charge in [-0.1, -0.05) is 6.07 Å². The highest BCUT2D eigenvalue weighted by Crippen LogP contribution is 2.34. The van der Waals surface area contributed by atoms with Crippen LogP contribution >= 0.6 is 0 Å². The van der Waals surface area contributed by atoms with Crippen molar-refractivity contribution in [1.29, 1.82) is 0 Å². The van der Waals surface area contributed by atoms with Crippen molar-refractivity contribution in [3.63, 3.8) is 0 Å². The molecule has 0 radical (unpaired) electrons. The van der Waals surface area contributed by atoms with Gasteiger partial charge in [0.25, 0.3) is 0 Å². The normalized spacial score (nSPS) is 14.1. The number of fused-ring (bicyclic) bond motifs is 1. The van der Waals surface area contributed by atoms with E-state index in [2.05, 4.69) is 20.6 Å². The van der Waals surface area contributed by atoms with Gasteiger partial charge in [-0.3, -0.25) is 4.79 Å². The monoisotopic (exact) mass is 466 g/mol. The third-order valence-electron chi connectivity index (χ3n) is 5.18. The highest BCUT2D eigenvalue weighted by molar-refractivity contribution is 5.77. The van der Waals surface area contributed by atoms with Crippen LogP contribution in [0.4, 0.5) is 30.6 Å². The molecule has 2 heterocycles. The van der Waals surface area contributed by atoms with E-state index >= 15 is 0 Å². The van der Waals surface area contributed by atoms with E-state index in [1.165, 1.54) is 0 Å². The fourth-order valence-corrected chi connectivity index (χ4v) is 3.55. The number of anilines is 3. The lowest BCUT2D eigenvalue weighted by molar-refractivity contribution is -0.137. The number of nitrogens with two attached hydrogens (primary N) is 1. The van der Waals surface area contributed by atoms with Crippen molar-refractivity contribution in [2.45, 2.75) is 51.4 Å². The maximum atomic E-state index is 13.3. The number of carbonyl (C=O) groups excluding carboxylic acids is 1. The molecule has 180 valence electrons. The van der Waals surface area contributed by atoms with Gasteiger partial charge in [-0.25, -0.2) is 4.98 Å². The molecule has 0 saturated carbocycles. The van der Waals surface area contributed by atoms with Gasteiger partial charge in [0.1, 0.15) is 11.4 Å². The summed E-state index contributed by atoms with van der Waals surface area (Å²) in [5.74, 6) is -0.369. The zero-order valence-corrected chi connectivity index (χ0v) is 18.7. The highest BCUT2D eigenvalue weighted by atomic mass is 19.4. The number of alkyl halides is 3. The van der Waals surface area contributed by atoms with Crippen LogP contribution in [-0.4, -0.2) is 51.1 Å². The molecule has 0 bridgehead atoms. The average molecular weight is 467 g/mol. The summed E-state index contributed by atoms with van der Waals surface area (Å²) in [6, 6.07) is 5.52. The molecule has 3 rings (SSSR count). The van der Waals surface area contributed by atoms with Crippen molar-refractivity contribution < 1.29 is 23.1 Å². The predicted octanol–water partition coefficient (Wildman–Crippen LogP) is 3.05. The van der Waals surface area contributed by atoms with Crippen LogP contribution < -0.4 is 16.4 Å². The van der Waals surface area contributed by atoms with Crippen LogP contribution in [0.25, 0.3) is 0 Å². The van der Waals surface area contributed by atoms with Crippen LogP contribution in [0.1, 0.15) is 43.4 Å². The van der Waals surface area contributed by atoms with Gasteiger partial charge in [0, 0.05) is 31.5 Å². The number of benzene rings is 1. The largest absolute Gasteiger partial charge is 0.421 e. The Bertz CT molecular complexity index is 991. The number of nitrogens with one attached hydrogen (secondary N) is 2. The van der Waals surface area contributed by atoms with Crippen LogP contribution in [-0.2, 0) is 23.9 Å². The zero-order valence-electron chi connectivity index (χ0n) is 18.7. The molecule has 0 unspecified atom stereocenters. The van der Waals surface area contributed by atoms with Gasteiger partial charge in [-0.15, -0.1) is 0 Å². The van der Waals surface area contributed by atoms with Crippen LogP contribution in [0.5, 0.6) is 0 Å². The van der Waals surface area contributed by atoms with Crippen LogP contribution in [0, 0.1) is 0 Å². The SMILES string of the molecule is CC(C)(O)CC(=O)N1CCc2cc(Nc3ncc(C(F)(F)F)c(NCCCN)n3)ccc2C1. The highest BCUT2D eigenvalue weighted by Gasteiger charge is 2.35. The molecule has 0 atom stereocenters. The van der Waals surface area contributed by atoms with E-state index in [-0.39, 0.29) is 30.6 Å². The summed E-state index contributed by atoms with van der Waals surface area (Å²) in [5.41, 5.74) is 6.06. The molecular formula is C22H29F3N6O2. The first kappa shape index (κ1) is 24.7. The van der Waals surface area contributed by atoms with E-state index in [1.54, 1.807) is 24.8 Å². The Balaban J connectivity index is 1.73. The molecule has 1 aliphatic heterocycles. The average Bonchev–Trinajstić information content (AvgIpc) is 2.71. The van der Waals surface area contributed by atoms with Gasteiger partial charge >= 0.3 is 6.18 Å². The lowest BCUT2D eigenvalue weighted by Gasteiger charge is -2.31. The van der Waals surface area contributed by atoms with E-state index in [1.807, 2.05) is 12.1 Å². The van der Waals surface area contributed by atoms with Gasteiger partial charge in [-0.05, 0) is 56.5 Å². The molecular weight excluding hydrogens is 437 g/mol. The van der Waals surface area contributed by atoms with E-state index in [9.17, 15) is 23.1 Å².